The van der Waals surface area contributed by atoms with Gasteiger partial charge in [-0.05, 0) is 18.6 Å². The van der Waals surface area contributed by atoms with Gasteiger partial charge in [-0.2, -0.15) is 0 Å². The van der Waals surface area contributed by atoms with Gasteiger partial charge in [0, 0.05) is 12.5 Å². The number of ether oxygens (including phenoxy) is 1. The van der Waals surface area contributed by atoms with E-state index in [9.17, 15) is 9.18 Å². The molecule has 0 heterocycles. The molecule has 0 bridgehead atoms. The highest BCUT2D eigenvalue weighted by atomic mass is 19.1. The van der Waals surface area contributed by atoms with E-state index in [1.165, 1.54) is 18.2 Å². The van der Waals surface area contributed by atoms with Crippen LogP contribution in [0.5, 0.6) is 5.75 Å². The van der Waals surface area contributed by atoms with Crippen LogP contribution in [0.4, 0.5) is 4.39 Å². The molecule has 3 N–H and O–H groups in total. The van der Waals surface area contributed by atoms with Crippen LogP contribution in [0, 0.1) is 5.82 Å². The highest BCUT2D eigenvalue weighted by Gasteiger charge is 2.15. The van der Waals surface area contributed by atoms with Gasteiger partial charge in [0.2, 0.25) is 0 Å². The van der Waals surface area contributed by atoms with Crippen molar-refractivity contribution in [3.05, 3.63) is 29.6 Å². The highest BCUT2D eigenvalue weighted by Crippen LogP contribution is 2.21. The van der Waals surface area contributed by atoms with Crippen LogP contribution in [0.3, 0.4) is 0 Å². The van der Waals surface area contributed by atoms with Crippen molar-refractivity contribution >= 4 is 5.97 Å². The van der Waals surface area contributed by atoms with E-state index in [0.29, 0.717) is 17.9 Å². The van der Waals surface area contributed by atoms with Gasteiger partial charge in [-0.1, -0.05) is 6.07 Å². The van der Waals surface area contributed by atoms with Crippen LogP contribution in [0.25, 0.3) is 0 Å². The van der Waals surface area contributed by atoms with Gasteiger partial charge in [0.25, 0.3) is 0 Å². The van der Waals surface area contributed by atoms with E-state index in [1.54, 1.807) is 6.92 Å². The first-order valence-corrected chi connectivity index (χ1v) is 4.94. The molecule has 4 nitrogen and oxygen atoms in total. The van der Waals surface area contributed by atoms with Gasteiger partial charge >= 0.3 is 5.97 Å². The number of nitrogens with two attached hydrogens (primary N) is 1. The van der Waals surface area contributed by atoms with E-state index in [2.05, 4.69) is 0 Å². The molecular weight excluding hydrogens is 213 g/mol. The third kappa shape index (κ3) is 3.20. The molecule has 0 amide bonds. The van der Waals surface area contributed by atoms with Crippen molar-refractivity contribution in [3.63, 3.8) is 0 Å². The molecule has 0 aliphatic rings. The fraction of sp³-hybridized carbons (Fsp3) is 0.364. The quantitative estimate of drug-likeness (QED) is 0.792. The molecule has 1 atom stereocenters. The van der Waals surface area contributed by atoms with Crippen molar-refractivity contribution in [2.24, 2.45) is 5.73 Å². The summed E-state index contributed by atoms with van der Waals surface area (Å²) in [7, 11) is 0. The number of hydrogen-bond acceptors (Lipinski definition) is 3. The summed E-state index contributed by atoms with van der Waals surface area (Å²) in [6.45, 7) is 2.16. The van der Waals surface area contributed by atoms with Crippen LogP contribution < -0.4 is 10.5 Å². The molecule has 5 heteroatoms. The normalized spacial score (nSPS) is 12.2. The fourth-order valence-electron chi connectivity index (χ4n) is 1.31. The van der Waals surface area contributed by atoms with Gasteiger partial charge in [0.15, 0.2) is 0 Å². The zero-order chi connectivity index (χ0) is 12.1. The summed E-state index contributed by atoms with van der Waals surface area (Å²) in [5.41, 5.74) is 6.00. The minimum atomic E-state index is -1.09. The van der Waals surface area contributed by atoms with E-state index < -0.39 is 17.8 Å². The second kappa shape index (κ2) is 5.46. The Hall–Kier alpha value is -1.62. The molecule has 0 aromatic heterocycles. The zero-order valence-electron chi connectivity index (χ0n) is 8.94. The number of benzene rings is 1. The lowest BCUT2D eigenvalue weighted by Gasteiger charge is -2.12. The average molecular weight is 227 g/mol. The van der Waals surface area contributed by atoms with Crippen molar-refractivity contribution < 1.29 is 19.0 Å². The maximum absolute atomic E-state index is 12.9. The molecule has 0 fully saturated rings. The molecule has 1 aromatic rings. The van der Waals surface area contributed by atoms with E-state index in [-0.39, 0.29) is 6.42 Å². The maximum Gasteiger partial charge on any atom is 0.320 e. The molecule has 1 rings (SSSR count). The molecule has 0 aliphatic carbocycles. The lowest BCUT2D eigenvalue weighted by Crippen LogP contribution is -2.32. The Morgan fingerprint density at radius 1 is 1.62 bits per heavy atom. The average Bonchev–Trinajstić information content (AvgIpc) is 2.22. The Labute approximate surface area is 92.8 Å². The smallest absolute Gasteiger partial charge is 0.320 e. The van der Waals surface area contributed by atoms with E-state index in [1.807, 2.05) is 0 Å². The van der Waals surface area contributed by atoms with Crippen molar-refractivity contribution in [1.82, 2.24) is 0 Å². The van der Waals surface area contributed by atoms with Gasteiger partial charge in [-0.3, -0.25) is 4.79 Å². The van der Waals surface area contributed by atoms with Gasteiger partial charge in [0.05, 0.1) is 6.61 Å². The Morgan fingerprint density at radius 2 is 2.31 bits per heavy atom. The van der Waals surface area contributed by atoms with E-state index in [4.69, 9.17) is 15.6 Å². The minimum Gasteiger partial charge on any atom is -0.493 e. The lowest BCUT2D eigenvalue weighted by molar-refractivity contribution is -0.138. The highest BCUT2D eigenvalue weighted by molar-refractivity contribution is 5.73. The summed E-state index contributed by atoms with van der Waals surface area (Å²) in [6.07, 6.45) is 0.116. The number of carboxylic acids is 1. The third-order valence-corrected chi connectivity index (χ3v) is 2.09. The Bertz CT molecular complexity index is 381. The second-order valence-corrected chi connectivity index (χ2v) is 3.33. The molecule has 0 aliphatic heterocycles. The number of carboxylic acid groups (broad SMARTS) is 1. The van der Waals surface area contributed by atoms with Crippen LogP contribution in [-0.2, 0) is 11.2 Å². The molecular formula is C11H14FNO3. The Kier molecular flexibility index (Phi) is 4.25. The number of aliphatic carboxylic acids is 1. The van der Waals surface area contributed by atoms with Crippen LogP contribution in [0.15, 0.2) is 18.2 Å². The predicted molar refractivity (Wildman–Crippen MR) is 56.9 cm³/mol. The second-order valence-electron chi connectivity index (χ2n) is 3.33. The lowest BCUT2D eigenvalue weighted by atomic mass is 10.1. The number of carbonyl (C=O) groups is 1. The van der Waals surface area contributed by atoms with Gasteiger partial charge in [-0.25, -0.2) is 4.39 Å². The molecule has 0 saturated heterocycles. The van der Waals surface area contributed by atoms with E-state index >= 15 is 0 Å². The number of hydrogen-bond donors (Lipinski definition) is 2. The van der Waals surface area contributed by atoms with Crippen LogP contribution >= 0.6 is 0 Å². The summed E-state index contributed by atoms with van der Waals surface area (Å²) in [5, 5.41) is 8.68. The van der Waals surface area contributed by atoms with Gasteiger partial charge in [0.1, 0.15) is 17.6 Å². The monoisotopic (exact) mass is 227 g/mol. The summed E-state index contributed by atoms with van der Waals surface area (Å²) in [4.78, 5) is 10.6. The Morgan fingerprint density at radius 3 is 2.88 bits per heavy atom. The van der Waals surface area contributed by atoms with E-state index in [0.717, 1.165) is 0 Å². The third-order valence-electron chi connectivity index (χ3n) is 2.09. The van der Waals surface area contributed by atoms with Crippen LogP contribution in [0.1, 0.15) is 12.5 Å². The first kappa shape index (κ1) is 12.4. The molecule has 1 unspecified atom stereocenters. The summed E-state index contributed by atoms with van der Waals surface area (Å²) >= 11 is 0. The molecule has 0 radical (unpaired) electrons. The number of halogens is 1. The summed E-state index contributed by atoms with van der Waals surface area (Å²) in [5.74, 6) is -1.16. The SMILES string of the molecule is CCOc1cc(F)ccc1CC(N)C(=O)O. The van der Waals surface area contributed by atoms with Crippen LogP contribution in [-0.4, -0.2) is 23.7 Å². The molecule has 1 aromatic carbocycles. The standard InChI is InChI=1S/C11H14FNO3/c1-2-16-10-6-8(12)4-3-7(10)5-9(13)11(14)15/h3-4,6,9H,2,5,13H2,1H3,(H,14,15). The van der Waals surface area contributed by atoms with Crippen LogP contribution in [0.2, 0.25) is 0 Å². The van der Waals surface area contributed by atoms with Crippen molar-refractivity contribution in [1.29, 1.82) is 0 Å². The molecule has 16 heavy (non-hydrogen) atoms. The minimum absolute atomic E-state index is 0.116. The molecule has 0 spiro atoms. The largest absolute Gasteiger partial charge is 0.493 e. The zero-order valence-corrected chi connectivity index (χ0v) is 8.94. The van der Waals surface area contributed by atoms with Crippen molar-refractivity contribution in [2.45, 2.75) is 19.4 Å². The topological polar surface area (TPSA) is 72.5 Å². The number of rotatable bonds is 5. The fourth-order valence-corrected chi connectivity index (χ4v) is 1.31. The maximum atomic E-state index is 12.9. The Balaban J connectivity index is 2.89. The first-order chi connectivity index (χ1) is 7.54. The molecule has 88 valence electrons. The van der Waals surface area contributed by atoms with Gasteiger partial charge < -0.3 is 15.6 Å². The summed E-state index contributed by atoms with van der Waals surface area (Å²) < 4.78 is 18.1. The molecule has 0 saturated carbocycles. The van der Waals surface area contributed by atoms with Crippen molar-refractivity contribution in [3.8, 4) is 5.75 Å². The van der Waals surface area contributed by atoms with Gasteiger partial charge in [-0.15, -0.1) is 0 Å². The van der Waals surface area contributed by atoms with Crippen molar-refractivity contribution in [2.75, 3.05) is 6.61 Å². The summed E-state index contributed by atoms with van der Waals surface area (Å²) in [6, 6.07) is 2.97. The first-order valence-electron chi connectivity index (χ1n) is 4.94. The predicted octanol–water partition coefficient (Wildman–Crippen LogP) is 1.18.